The van der Waals surface area contributed by atoms with Crippen LogP contribution in [0.15, 0.2) is 54.9 Å². The van der Waals surface area contributed by atoms with E-state index < -0.39 is 5.97 Å². The predicted molar refractivity (Wildman–Crippen MR) is 107 cm³/mol. The summed E-state index contributed by atoms with van der Waals surface area (Å²) in [5.74, 6) is -1.39. The first kappa shape index (κ1) is 18.4. The van der Waals surface area contributed by atoms with Gasteiger partial charge < -0.3 is 14.7 Å². The molecule has 8 heteroatoms. The fraction of sp³-hybridized carbons (Fsp3) is 0.273. The van der Waals surface area contributed by atoms with Gasteiger partial charge in [0.2, 0.25) is 0 Å². The summed E-state index contributed by atoms with van der Waals surface area (Å²) < 4.78 is 7.21. The second kappa shape index (κ2) is 7.29. The number of nitrogens with zero attached hydrogens (tertiary/aromatic N) is 4. The lowest BCUT2D eigenvalue weighted by Gasteiger charge is -2.19. The number of carbonyl (C=O) groups is 2. The van der Waals surface area contributed by atoms with Crippen LogP contribution in [0.5, 0.6) is 0 Å². The second-order valence-electron chi connectivity index (χ2n) is 7.55. The van der Waals surface area contributed by atoms with E-state index in [2.05, 4.69) is 34.3 Å². The van der Waals surface area contributed by atoms with Crippen molar-refractivity contribution in [2.75, 3.05) is 19.7 Å². The van der Waals surface area contributed by atoms with Crippen LogP contribution in [0.25, 0.3) is 11.1 Å². The molecule has 3 aromatic rings. The van der Waals surface area contributed by atoms with Gasteiger partial charge in [0.25, 0.3) is 5.82 Å². The summed E-state index contributed by atoms with van der Waals surface area (Å²) in [5.41, 5.74) is 4.73. The van der Waals surface area contributed by atoms with Gasteiger partial charge in [0, 0.05) is 19.0 Å². The molecule has 152 valence electrons. The number of ether oxygens (including phenoxy) is 1. The lowest BCUT2D eigenvalue weighted by atomic mass is 9.98. The molecule has 2 heterocycles. The molecule has 1 saturated heterocycles. The Morgan fingerprint density at radius 1 is 1.07 bits per heavy atom. The SMILES string of the molecule is O=C(O)c1ncn(C2CCN(C(=O)OCC3c4ccccc4-c4ccccc43)C2)n1. The summed E-state index contributed by atoms with van der Waals surface area (Å²) in [7, 11) is 0. The third kappa shape index (κ3) is 3.10. The van der Waals surface area contributed by atoms with E-state index in [1.54, 1.807) is 4.90 Å². The summed E-state index contributed by atoms with van der Waals surface area (Å²) in [5, 5.41) is 12.9. The Morgan fingerprint density at radius 3 is 2.37 bits per heavy atom. The Morgan fingerprint density at radius 2 is 1.73 bits per heavy atom. The number of hydrogen-bond acceptors (Lipinski definition) is 5. The maximum absolute atomic E-state index is 12.7. The largest absolute Gasteiger partial charge is 0.475 e. The number of carboxylic acid groups (broad SMARTS) is 1. The van der Waals surface area contributed by atoms with E-state index in [-0.39, 0.29) is 30.5 Å². The molecular formula is C22H20N4O4. The Balaban J connectivity index is 1.25. The summed E-state index contributed by atoms with van der Waals surface area (Å²) in [6.45, 7) is 1.23. The van der Waals surface area contributed by atoms with Crippen LogP contribution in [0, 0.1) is 0 Å². The van der Waals surface area contributed by atoms with Gasteiger partial charge in [0.05, 0.1) is 6.04 Å². The fourth-order valence-electron chi connectivity index (χ4n) is 4.36. The van der Waals surface area contributed by atoms with Gasteiger partial charge >= 0.3 is 12.1 Å². The van der Waals surface area contributed by atoms with E-state index in [9.17, 15) is 9.59 Å². The van der Waals surface area contributed by atoms with E-state index in [1.165, 1.54) is 33.3 Å². The van der Waals surface area contributed by atoms with Crippen LogP contribution in [0.1, 0.15) is 40.1 Å². The zero-order valence-electron chi connectivity index (χ0n) is 16.1. The van der Waals surface area contributed by atoms with Gasteiger partial charge in [0.15, 0.2) is 0 Å². The number of hydrogen-bond donors (Lipinski definition) is 1. The molecule has 1 atom stereocenters. The van der Waals surface area contributed by atoms with E-state index in [0.29, 0.717) is 19.5 Å². The summed E-state index contributed by atoms with van der Waals surface area (Å²) in [6, 6.07) is 16.3. The smallest absolute Gasteiger partial charge is 0.409 e. The minimum atomic E-state index is -1.17. The highest BCUT2D eigenvalue weighted by atomic mass is 16.6. The normalized spacial score (nSPS) is 17.6. The molecule has 2 aromatic carbocycles. The number of carboxylic acids is 1. The second-order valence-corrected chi connectivity index (χ2v) is 7.55. The zero-order chi connectivity index (χ0) is 20.7. The van der Waals surface area contributed by atoms with Crippen molar-refractivity contribution in [3.8, 4) is 11.1 Å². The first-order valence-electron chi connectivity index (χ1n) is 9.86. The molecule has 1 aliphatic heterocycles. The first-order chi connectivity index (χ1) is 14.6. The number of carbonyl (C=O) groups excluding carboxylic acids is 1. The van der Waals surface area contributed by atoms with Crippen LogP contribution < -0.4 is 0 Å². The van der Waals surface area contributed by atoms with Crippen LogP contribution in [0.3, 0.4) is 0 Å². The minimum Gasteiger partial charge on any atom is -0.475 e. The molecule has 1 unspecified atom stereocenters. The monoisotopic (exact) mass is 404 g/mol. The maximum atomic E-state index is 12.7. The standard InChI is InChI=1S/C22H20N4O4/c27-21(28)20-23-13-26(24-20)14-9-10-25(11-14)22(29)30-12-19-17-7-3-1-5-15(17)16-6-2-4-8-18(16)19/h1-8,13-14,19H,9-12H2,(H,27,28). The van der Waals surface area contributed by atoms with Gasteiger partial charge in [-0.05, 0) is 28.7 Å². The van der Waals surface area contributed by atoms with Crippen molar-refractivity contribution in [2.45, 2.75) is 18.4 Å². The Bertz CT molecular complexity index is 1080. The van der Waals surface area contributed by atoms with Crippen LogP contribution in [0.4, 0.5) is 4.79 Å². The molecule has 8 nitrogen and oxygen atoms in total. The highest BCUT2D eigenvalue weighted by Crippen LogP contribution is 2.44. The Labute approximate surface area is 172 Å². The summed E-state index contributed by atoms with van der Waals surface area (Å²) in [6.07, 6.45) is 1.71. The minimum absolute atomic E-state index is 0.0215. The summed E-state index contributed by atoms with van der Waals surface area (Å²) >= 11 is 0. The van der Waals surface area contributed by atoms with Gasteiger partial charge in [-0.2, -0.15) is 0 Å². The molecule has 2 aliphatic rings. The van der Waals surface area contributed by atoms with Crippen molar-refractivity contribution in [3.63, 3.8) is 0 Å². The van der Waals surface area contributed by atoms with Crippen molar-refractivity contribution in [3.05, 3.63) is 71.8 Å². The molecule has 1 aromatic heterocycles. The van der Waals surface area contributed by atoms with E-state index in [1.807, 2.05) is 24.3 Å². The van der Waals surface area contributed by atoms with Gasteiger partial charge in [0.1, 0.15) is 12.9 Å². The molecule has 1 amide bonds. The number of aromatic nitrogens is 3. The Kier molecular flexibility index (Phi) is 4.46. The molecule has 1 N–H and O–H groups in total. The van der Waals surface area contributed by atoms with Crippen LogP contribution >= 0.6 is 0 Å². The van der Waals surface area contributed by atoms with Crippen LogP contribution in [-0.2, 0) is 4.74 Å². The van der Waals surface area contributed by atoms with Gasteiger partial charge in [-0.1, -0.05) is 48.5 Å². The number of benzene rings is 2. The molecule has 0 saturated carbocycles. The molecule has 0 bridgehead atoms. The van der Waals surface area contributed by atoms with E-state index in [4.69, 9.17) is 9.84 Å². The predicted octanol–water partition coefficient (Wildman–Crippen LogP) is 3.17. The third-order valence-electron chi connectivity index (χ3n) is 5.83. The maximum Gasteiger partial charge on any atom is 0.409 e. The fourth-order valence-corrected chi connectivity index (χ4v) is 4.36. The van der Waals surface area contributed by atoms with Crippen LogP contribution in [-0.4, -0.2) is 56.5 Å². The van der Waals surface area contributed by atoms with Crippen molar-refractivity contribution in [1.82, 2.24) is 19.7 Å². The topological polar surface area (TPSA) is 97.6 Å². The zero-order valence-corrected chi connectivity index (χ0v) is 16.1. The van der Waals surface area contributed by atoms with Crippen molar-refractivity contribution in [2.24, 2.45) is 0 Å². The van der Waals surface area contributed by atoms with E-state index in [0.717, 1.165) is 0 Å². The summed E-state index contributed by atoms with van der Waals surface area (Å²) in [4.78, 5) is 29.1. The molecule has 1 fully saturated rings. The first-order valence-corrected chi connectivity index (χ1v) is 9.86. The molecule has 0 spiro atoms. The molecule has 5 rings (SSSR count). The number of amides is 1. The third-order valence-corrected chi connectivity index (χ3v) is 5.83. The average molecular weight is 404 g/mol. The number of rotatable bonds is 4. The van der Waals surface area contributed by atoms with Gasteiger partial charge in [-0.3, -0.25) is 0 Å². The average Bonchev–Trinajstić information content (AvgIpc) is 3.49. The number of aromatic carboxylic acids is 1. The molecule has 1 aliphatic carbocycles. The van der Waals surface area contributed by atoms with Gasteiger partial charge in [-0.15, -0.1) is 5.10 Å². The van der Waals surface area contributed by atoms with Gasteiger partial charge in [-0.25, -0.2) is 19.3 Å². The lowest BCUT2D eigenvalue weighted by Crippen LogP contribution is -2.31. The molecule has 30 heavy (non-hydrogen) atoms. The number of likely N-dealkylation sites (tertiary alicyclic amines) is 1. The molecular weight excluding hydrogens is 384 g/mol. The highest BCUT2D eigenvalue weighted by Gasteiger charge is 2.32. The Hall–Kier alpha value is -3.68. The quantitative estimate of drug-likeness (QED) is 0.717. The van der Waals surface area contributed by atoms with Crippen molar-refractivity contribution in [1.29, 1.82) is 0 Å². The lowest BCUT2D eigenvalue weighted by molar-refractivity contribution is 0.0682. The van der Waals surface area contributed by atoms with Crippen molar-refractivity contribution >= 4 is 12.1 Å². The number of fused-ring (bicyclic) bond motifs is 3. The molecule has 0 radical (unpaired) electrons. The van der Waals surface area contributed by atoms with E-state index >= 15 is 0 Å². The van der Waals surface area contributed by atoms with Crippen molar-refractivity contribution < 1.29 is 19.4 Å². The van der Waals surface area contributed by atoms with Crippen LogP contribution in [0.2, 0.25) is 0 Å². The highest BCUT2D eigenvalue weighted by molar-refractivity contribution is 5.82.